The fraction of sp³-hybridized carbons (Fsp3) is 0.789. The predicted molar refractivity (Wildman–Crippen MR) is 97.2 cm³/mol. The lowest BCUT2D eigenvalue weighted by Crippen LogP contribution is -2.35. The van der Waals surface area contributed by atoms with Gasteiger partial charge in [-0.3, -0.25) is 9.59 Å². The Morgan fingerprint density at radius 2 is 0.963 bits per heavy atom. The van der Waals surface area contributed by atoms with Gasteiger partial charge in [0, 0.05) is 0 Å². The largest absolute Gasteiger partial charge is 0.464 e. The Morgan fingerprint density at radius 3 is 1.26 bits per heavy atom. The summed E-state index contributed by atoms with van der Waals surface area (Å²) in [6.07, 6.45) is 1.95. The van der Waals surface area contributed by atoms with Crippen molar-refractivity contribution in [1.29, 1.82) is 0 Å². The van der Waals surface area contributed by atoms with E-state index in [0.29, 0.717) is 19.3 Å². The lowest BCUT2D eigenvalue weighted by Gasteiger charge is -2.21. The van der Waals surface area contributed by atoms with Crippen LogP contribution in [0.3, 0.4) is 0 Å². The topological polar surface area (TPSA) is 105 Å². The number of rotatable bonds is 14. The summed E-state index contributed by atoms with van der Waals surface area (Å²) in [6, 6.07) is 0. The van der Waals surface area contributed by atoms with Gasteiger partial charge in [0.1, 0.15) is 24.4 Å². The number of Topliss-reactive ketones (excluding diaryl/α,β-unsaturated/α-hetero) is 2. The van der Waals surface area contributed by atoms with Crippen LogP contribution < -0.4 is 0 Å². The van der Waals surface area contributed by atoms with Crippen LogP contribution in [0.4, 0.5) is 0 Å². The molecular formula is C19H32O8. The van der Waals surface area contributed by atoms with E-state index in [2.05, 4.69) is 0 Å². The fourth-order valence-corrected chi connectivity index (χ4v) is 1.52. The molecule has 156 valence electrons. The Labute approximate surface area is 160 Å². The smallest absolute Gasteiger partial charge is 0.332 e. The van der Waals surface area contributed by atoms with E-state index in [1.54, 1.807) is 27.7 Å². The Morgan fingerprint density at radius 1 is 0.630 bits per heavy atom. The van der Waals surface area contributed by atoms with Gasteiger partial charge < -0.3 is 18.9 Å². The van der Waals surface area contributed by atoms with Crippen LogP contribution in [-0.2, 0) is 38.1 Å². The maximum atomic E-state index is 11.5. The van der Waals surface area contributed by atoms with Crippen LogP contribution in [0.5, 0.6) is 0 Å². The van der Waals surface area contributed by atoms with Gasteiger partial charge in [0.05, 0.1) is 13.2 Å². The van der Waals surface area contributed by atoms with Crippen LogP contribution >= 0.6 is 0 Å². The van der Waals surface area contributed by atoms with Crippen molar-refractivity contribution >= 4 is 23.5 Å². The van der Waals surface area contributed by atoms with Crippen LogP contribution in [0.25, 0.3) is 0 Å². The molecule has 0 heterocycles. The molecule has 0 unspecified atom stereocenters. The van der Waals surface area contributed by atoms with E-state index < -0.39 is 23.1 Å². The second-order valence-electron chi connectivity index (χ2n) is 7.21. The summed E-state index contributed by atoms with van der Waals surface area (Å²) < 4.78 is 20.5. The van der Waals surface area contributed by atoms with Gasteiger partial charge in [-0.05, 0) is 60.8 Å². The lowest BCUT2D eigenvalue weighted by atomic mass is 10.1. The molecule has 0 aromatic carbocycles. The van der Waals surface area contributed by atoms with E-state index in [9.17, 15) is 19.2 Å². The molecule has 0 atom stereocenters. The molecule has 0 fully saturated rings. The first-order valence-electron chi connectivity index (χ1n) is 8.99. The zero-order chi connectivity index (χ0) is 21.1. The maximum absolute atomic E-state index is 11.5. The molecular weight excluding hydrogens is 356 g/mol. The molecule has 8 heteroatoms. The second-order valence-corrected chi connectivity index (χ2v) is 7.21. The summed E-state index contributed by atoms with van der Waals surface area (Å²) >= 11 is 0. The van der Waals surface area contributed by atoms with Crippen molar-refractivity contribution in [3.05, 3.63) is 0 Å². The zero-order valence-corrected chi connectivity index (χ0v) is 17.2. The van der Waals surface area contributed by atoms with E-state index in [1.165, 1.54) is 13.8 Å². The molecule has 0 amide bonds. The molecule has 0 aliphatic carbocycles. The van der Waals surface area contributed by atoms with Gasteiger partial charge in [0.15, 0.2) is 11.6 Å². The highest BCUT2D eigenvalue weighted by atomic mass is 16.6. The molecule has 8 nitrogen and oxygen atoms in total. The number of hydrogen-bond donors (Lipinski definition) is 0. The molecule has 0 N–H and O–H groups in total. The van der Waals surface area contributed by atoms with Crippen LogP contribution in [0.1, 0.15) is 60.8 Å². The van der Waals surface area contributed by atoms with Crippen molar-refractivity contribution in [3.8, 4) is 0 Å². The lowest BCUT2D eigenvalue weighted by molar-refractivity contribution is -0.159. The molecule has 0 rings (SSSR count). The van der Waals surface area contributed by atoms with Crippen molar-refractivity contribution in [3.63, 3.8) is 0 Å². The molecule has 0 aromatic heterocycles. The number of carbonyl (C=O) groups excluding carboxylic acids is 4. The second kappa shape index (κ2) is 11.8. The van der Waals surface area contributed by atoms with E-state index in [-0.39, 0.29) is 38.0 Å². The van der Waals surface area contributed by atoms with Crippen LogP contribution in [-0.4, -0.2) is 61.1 Å². The van der Waals surface area contributed by atoms with Crippen molar-refractivity contribution in [2.24, 2.45) is 0 Å². The van der Waals surface area contributed by atoms with Crippen molar-refractivity contribution in [2.45, 2.75) is 72.0 Å². The summed E-state index contributed by atoms with van der Waals surface area (Å²) in [6.45, 7) is 9.07. The highest BCUT2D eigenvalue weighted by Gasteiger charge is 2.26. The molecule has 0 aliphatic heterocycles. The molecule has 0 radical (unpaired) electrons. The molecule has 0 spiro atoms. The number of esters is 2. The van der Waals surface area contributed by atoms with Gasteiger partial charge in [0.2, 0.25) is 0 Å². The Bertz CT molecular complexity index is 476. The third-order valence-electron chi connectivity index (χ3n) is 4.11. The average molecular weight is 388 g/mol. The van der Waals surface area contributed by atoms with E-state index >= 15 is 0 Å². The SMILES string of the molecule is CC(=O)C(C)(C)OCC(=O)OCCCCCOC(=O)COC(C)(C)C(C)=O. The van der Waals surface area contributed by atoms with Crippen molar-refractivity contribution in [2.75, 3.05) is 26.4 Å². The molecule has 0 saturated carbocycles. The summed E-state index contributed by atoms with van der Waals surface area (Å²) in [4.78, 5) is 45.6. The number of carbonyl (C=O) groups is 4. The van der Waals surface area contributed by atoms with Gasteiger partial charge in [-0.1, -0.05) is 0 Å². The third-order valence-corrected chi connectivity index (χ3v) is 4.11. The van der Waals surface area contributed by atoms with E-state index in [1.807, 2.05) is 0 Å². The average Bonchev–Trinajstić information content (AvgIpc) is 2.57. The number of hydrogen-bond acceptors (Lipinski definition) is 8. The summed E-state index contributed by atoms with van der Waals surface area (Å²) in [5.41, 5.74) is -2.02. The van der Waals surface area contributed by atoms with Gasteiger partial charge >= 0.3 is 11.9 Å². The van der Waals surface area contributed by atoms with Gasteiger partial charge in [0.25, 0.3) is 0 Å². The van der Waals surface area contributed by atoms with Gasteiger partial charge in [-0.2, -0.15) is 0 Å². The molecule has 0 aromatic rings. The normalized spacial score (nSPS) is 11.8. The maximum Gasteiger partial charge on any atom is 0.332 e. The standard InChI is InChI=1S/C19H32O8/c1-14(20)18(3,4)26-12-16(22)24-10-8-7-9-11-25-17(23)13-27-19(5,6)15(2)21/h7-13H2,1-6H3. The Balaban J connectivity index is 3.70. The third kappa shape index (κ3) is 11.5. The molecule has 0 saturated heterocycles. The zero-order valence-electron chi connectivity index (χ0n) is 17.2. The van der Waals surface area contributed by atoms with Crippen LogP contribution in [0.2, 0.25) is 0 Å². The minimum atomic E-state index is -1.01. The first-order chi connectivity index (χ1) is 12.4. The number of unbranched alkanes of at least 4 members (excludes halogenated alkanes) is 2. The van der Waals surface area contributed by atoms with Crippen molar-refractivity contribution in [1.82, 2.24) is 0 Å². The number of ketones is 2. The Kier molecular flexibility index (Phi) is 11.0. The Hall–Kier alpha value is -1.80. The van der Waals surface area contributed by atoms with E-state index in [4.69, 9.17) is 18.9 Å². The highest BCUT2D eigenvalue weighted by Crippen LogP contribution is 2.11. The molecule has 27 heavy (non-hydrogen) atoms. The summed E-state index contributed by atoms with van der Waals surface area (Å²) in [7, 11) is 0. The quantitative estimate of drug-likeness (QED) is 0.329. The number of ether oxygens (including phenoxy) is 4. The molecule has 0 aliphatic rings. The van der Waals surface area contributed by atoms with Gasteiger partial charge in [-0.25, -0.2) is 9.59 Å². The van der Waals surface area contributed by atoms with Gasteiger partial charge in [-0.15, -0.1) is 0 Å². The molecule has 0 bridgehead atoms. The minimum absolute atomic E-state index is 0.167. The summed E-state index contributed by atoms with van der Waals surface area (Å²) in [5.74, 6) is -1.39. The van der Waals surface area contributed by atoms with Crippen LogP contribution in [0, 0.1) is 0 Å². The van der Waals surface area contributed by atoms with Crippen LogP contribution in [0.15, 0.2) is 0 Å². The fourth-order valence-electron chi connectivity index (χ4n) is 1.52. The van der Waals surface area contributed by atoms with E-state index in [0.717, 1.165) is 0 Å². The monoisotopic (exact) mass is 388 g/mol. The minimum Gasteiger partial charge on any atom is -0.464 e. The van der Waals surface area contributed by atoms with Crippen molar-refractivity contribution < 1.29 is 38.1 Å². The summed E-state index contributed by atoms with van der Waals surface area (Å²) in [5, 5.41) is 0. The predicted octanol–water partition coefficient (Wildman–Crippen LogP) is 2.01. The first-order valence-corrected chi connectivity index (χ1v) is 8.99. The highest BCUT2D eigenvalue weighted by molar-refractivity contribution is 5.84. The first kappa shape index (κ1) is 25.2.